The first-order chi connectivity index (χ1) is 18.6. The third kappa shape index (κ3) is 6.71. The molecule has 17 nitrogen and oxygen atoms in total. The maximum atomic E-state index is 10.9. The van der Waals surface area contributed by atoms with Crippen LogP contribution in [0.2, 0.25) is 0 Å². The summed E-state index contributed by atoms with van der Waals surface area (Å²) in [6.45, 7) is -1.23. The highest BCUT2D eigenvalue weighted by Crippen LogP contribution is 2.30. The first-order valence-corrected chi connectivity index (χ1v) is 12.5. The molecule has 4 aliphatic heterocycles. The van der Waals surface area contributed by atoms with Gasteiger partial charge in [-0.15, -0.1) is 0 Å². The first-order valence-electron chi connectivity index (χ1n) is 12.5. The third-order valence-corrected chi connectivity index (χ3v) is 7.08. The van der Waals surface area contributed by atoms with Gasteiger partial charge < -0.3 is 83.5 Å². The minimum atomic E-state index is -1.69. The van der Waals surface area contributed by atoms with E-state index in [4.69, 9.17) is 42.6 Å². The summed E-state index contributed by atoms with van der Waals surface area (Å²) in [5.41, 5.74) is 0. The van der Waals surface area contributed by atoms with E-state index in [1.54, 1.807) is 0 Å². The zero-order valence-corrected chi connectivity index (χ0v) is 21.3. The van der Waals surface area contributed by atoms with E-state index >= 15 is 0 Å². The molecule has 4 rings (SSSR count). The van der Waals surface area contributed by atoms with Gasteiger partial charge in [-0.05, 0) is 0 Å². The molecule has 0 saturated carbocycles. The highest BCUT2D eigenvalue weighted by molar-refractivity contribution is 4.92. The van der Waals surface area contributed by atoms with E-state index in [2.05, 4.69) is 0 Å². The van der Waals surface area contributed by atoms with Crippen LogP contribution in [0.3, 0.4) is 0 Å². The third-order valence-electron chi connectivity index (χ3n) is 7.08. The van der Waals surface area contributed by atoms with Crippen LogP contribution in [-0.4, -0.2) is 180 Å². The summed E-state index contributed by atoms with van der Waals surface area (Å²) in [4.78, 5) is 0. The summed E-state index contributed by atoms with van der Waals surface area (Å²) >= 11 is 0. The summed E-state index contributed by atoms with van der Waals surface area (Å²) < 4.78 is 48.1. The van der Waals surface area contributed by atoms with E-state index in [0.29, 0.717) is 0 Å². The Morgan fingerprint density at radius 1 is 0.410 bits per heavy atom. The maximum absolute atomic E-state index is 10.9. The molecule has 0 aromatic heterocycles. The van der Waals surface area contributed by atoms with Crippen LogP contribution < -0.4 is 0 Å². The number of rotatable bonds is 8. The number of methoxy groups -OCH3 is 2. The van der Waals surface area contributed by atoms with Crippen molar-refractivity contribution in [3.63, 3.8) is 0 Å². The molecule has 8 N–H and O–H groups in total. The lowest BCUT2D eigenvalue weighted by Crippen LogP contribution is -2.63. The van der Waals surface area contributed by atoms with Crippen LogP contribution in [0, 0.1) is 0 Å². The van der Waals surface area contributed by atoms with E-state index < -0.39 is 98.4 Å². The van der Waals surface area contributed by atoms with Crippen molar-refractivity contribution in [2.75, 3.05) is 40.6 Å². The van der Waals surface area contributed by atoms with E-state index in [9.17, 15) is 40.9 Å². The fraction of sp³-hybridized carbons (Fsp3) is 1.00. The van der Waals surface area contributed by atoms with Gasteiger partial charge in [0.2, 0.25) is 0 Å². The molecular weight excluding hydrogens is 536 g/mol. The van der Waals surface area contributed by atoms with Gasteiger partial charge in [0.15, 0.2) is 25.2 Å². The van der Waals surface area contributed by atoms with Crippen LogP contribution in [0.1, 0.15) is 0 Å². The van der Waals surface area contributed by atoms with Gasteiger partial charge >= 0.3 is 0 Å². The van der Waals surface area contributed by atoms with Gasteiger partial charge in [0.1, 0.15) is 73.2 Å². The molecule has 4 aliphatic rings. The molecule has 16 atom stereocenters. The zero-order valence-electron chi connectivity index (χ0n) is 21.3. The van der Waals surface area contributed by atoms with E-state index in [1.807, 2.05) is 0 Å². The van der Waals surface area contributed by atoms with Crippen molar-refractivity contribution >= 4 is 0 Å². The second-order valence-electron chi connectivity index (χ2n) is 9.78. The summed E-state index contributed by atoms with van der Waals surface area (Å²) in [5, 5.41) is 83.5. The molecule has 0 bridgehead atoms. The van der Waals surface area contributed by atoms with Gasteiger partial charge in [0, 0.05) is 14.2 Å². The van der Waals surface area contributed by atoms with E-state index in [0.717, 1.165) is 0 Å². The van der Waals surface area contributed by atoms with E-state index in [-0.39, 0.29) is 26.4 Å². The minimum absolute atomic E-state index is 0.221. The van der Waals surface area contributed by atoms with Crippen LogP contribution in [-0.2, 0) is 42.6 Å². The van der Waals surface area contributed by atoms with Gasteiger partial charge in [0.05, 0.1) is 26.4 Å². The molecular formula is C22H38O17. The van der Waals surface area contributed by atoms with Crippen LogP contribution >= 0.6 is 0 Å². The standard InChI is InChI=1S/C22H38O17/c1-31-15-7(23)3-34-20(11(15)27)38-17-9(25)5-36-22(13(17)29)39-18-10(26)6-35-21(14(18)30)37-16-8(24)4-33-19(32-2)12(16)28/h7-30H,3-6H2,1-2H3/t7-,8-,9-,10-,11?,12?,13?,14?,15-,16-,17-,18-,19-,20+,21+,22+/m1/s1. The van der Waals surface area contributed by atoms with Crippen molar-refractivity contribution in [1.29, 1.82) is 0 Å². The molecule has 4 heterocycles. The molecule has 0 spiro atoms. The van der Waals surface area contributed by atoms with Crippen LogP contribution in [0.4, 0.5) is 0 Å². The van der Waals surface area contributed by atoms with Crippen molar-refractivity contribution in [3.8, 4) is 0 Å². The molecule has 0 aromatic rings. The Morgan fingerprint density at radius 2 is 0.692 bits per heavy atom. The number of aliphatic hydroxyl groups excluding tert-OH is 8. The number of hydrogen-bond acceptors (Lipinski definition) is 17. The number of aliphatic hydroxyl groups is 8. The van der Waals surface area contributed by atoms with Gasteiger partial charge in [-0.3, -0.25) is 0 Å². The number of hydrogen-bond donors (Lipinski definition) is 8. The van der Waals surface area contributed by atoms with Crippen molar-refractivity contribution in [1.82, 2.24) is 0 Å². The Bertz CT molecular complexity index is 762. The summed E-state index contributed by atoms with van der Waals surface area (Å²) in [5.74, 6) is 0. The SMILES string of the molecule is CO[C@@H]1OC[C@@H](O)[C@@H](O[C@@H]2OC[C@@H](O)[C@@H](O[C@@H]3OC[C@@H](O)[C@@H](O[C@@H]4OC[C@@H](O)[C@@H](OC)C4O)C3O)C2O)C1O. The lowest BCUT2D eigenvalue weighted by atomic mass is 10.0. The summed E-state index contributed by atoms with van der Waals surface area (Å²) in [7, 11) is 2.57. The lowest BCUT2D eigenvalue weighted by molar-refractivity contribution is -0.366. The molecule has 0 radical (unpaired) electrons. The van der Waals surface area contributed by atoms with Gasteiger partial charge in [0.25, 0.3) is 0 Å². The molecule has 39 heavy (non-hydrogen) atoms. The Morgan fingerprint density at radius 3 is 1.03 bits per heavy atom. The van der Waals surface area contributed by atoms with Crippen molar-refractivity contribution < 1.29 is 83.5 Å². The van der Waals surface area contributed by atoms with E-state index in [1.165, 1.54) is 14.2 Å². The van der Waals surface area contributed by atoms with Crippen LogP contribution in [0.25, 0.3) is 0 Å². The number of ether oxygens (including phenoxy) is 9. The molecule has 4 unspecified atom stereocenters. The Balaban J connectivity index is 1.39. The van der Waals surface area contributed by atoms with Crippen LogP contribution in [0.5, 0.6) is 0 Å². The topological polar surface area (TPSA) is 245 Å². The monoisotopic (exact) mass is 574 g/mol. The summed E-state index contributed by atoms with van der Waals surface area (Å²) in [6.07, 6.45) is -22.1. The predicted molar refractivity (Wildman–Crippen MR) is 119 cm³/mol. The highest BCUT2D eigenvalue weighted by Gasteiger charge is 2.51. The normalized spacial score (nSPS) is 51.5. The molecule has 4 saturated heterocycles. The average molecular weight is 575 g/mol. The van der Waals surface area contributed by atoms with Crippen molar-refractivity contribution in [3.05, 3.63) is 0 Å². The Kier molecular flexibility index (Phi) is 10.8. The van der Waals surface area contributed by atoms with Crippen molar-refractivity contribution in [2.24, 2.45) is 0 Å². The maximum Gasteiger partial charge on any atom is 0.186 e. The fourth-order valence-electron chi connectivity index (χ4n) is 4.92. The first kappa shape index (κ1) is 31.3. The molecule has 0 aliphatic carbocycles. The molecule has 228 valence electrons. The largest absolute Gasteiger partial charge is 0.388 e. The van der Waals surface area contributed by atoms with Gasteiger partial charge in [-0.2, -0.15) is 0 Å². The Hall–Kier alpha value is -0.680. The Labute approximate surface area is 223 Å². The van der Waals surface area contributed by atoms with Crippen molar-refractivity contribution in [2.45, 2.75) is 98.4 Å². The molecule has 4 fully saturated rings. The average Bonchev–Trinajstić information content (AvgIpc) is 2.90. The molecule has 0 aromatic carbocycles. The smallest absolute Gasteiger partial charge is 0.186 e. The second kappa shape index (κ2) is 13.5. The lowest BCUT2D eigenvalue weighted by Gasteiger charge is -2.45. The molecule has 0 amide bonds. The quantitative estimate of drug-likeness (QED) is 0.134. The van der Waals surface area contributed by atoms with Crippen LogP contribution in [0.15, 0.2) is 0 Å². The fourth-order valence-corrected chi connectivity index (χ4v) is 4.92. The second-order valence-corrected chi connectivity index (χ2v) is 9.78. The zero-order chi connectivity index (χ0) is 28.4. The minimum Gasteiger partial charge on any atom is -0.388 e. The highest BCUT2D eigenvalue weighted by atomic mass is 16.8. The summed E-state index contributed by atoms with van der Waals surface area (Å²) in [6, 6.07) is 0. The predicted octanol–water partition coefficient (Wildman–Crippen LogP) is -5.88. The van der Waals surface area contributed by atoms with Gasteiger partial charge in [-0.1, -0.05) is 0 Å². The molecule has 17 heteroatoms. The van der Waals surface area contributed by atoms with Gasteiger partial charge in [-0.25, -0.2) is 0 Å².